The summed E-state index contributed by atoms with van der Waals surface area (Å²) in [4.78, 5) is 4.76. The third-order valence-corrected chi connectivity index (χ3v) is 7.56. The zero-order chi connectivity index (χ0) is 25.1. The molecule has 0 spiro atoms. The fourth-order valence-electron chi connectivity index (χ4n) is 5.91. The number of aromatic nitrogens is 3. The van der Waals surface area contributed by atoms with Crippen LogP contribution in [0.1, 0.15) is 0 Å². The van der Waals surface area contributed by atoms with Gasteiger partial charge in [-0.3, -0.25) is 4.57 Å². The maximum atomic E-state index is 4.76. The highest BCUT2D eigenvalue weighted by Gasteiger charge is 2.14. The van der Waals surface area contributed by atoms with Crippen molar-refractivity contribution in [1.29, 1.82) is 0 Å². The minimum Gasteiger partial charge on any atom is -0.309 e. The second-order valence-corrected chi connectivity index (χ2v) is 9.70. The molecule has 0 bridgehead atoms. The van der Waals surface area contributed by atoms with Crippen LogP contribution >= 0.6 is 0 Å². The van der Waals surface area contributed by atoms with Gasteiger partial charge in [0.15, 0.2) is 0 Å². The van der Waals surface area contributed by atoms with E-state index in [0.717, 1.165) is 22.5 Å². The second-order valence-electron chi connectivity index (χ2n) is 9.70. The van der Waals surface area contributed by atoms with Crippen LogP contribution in [0.15, 0.2) is 140 Å². The van der Waals surface area contributed by atoms with E-state index in [9.17, 15) is 0 Å². The topological polar surface area (TPSA) is 22.8 Å². The van der Waals surface area contributed by atoms with E-state index in [-0.39, 0.29) is 0 Å². The Balaban J connectivity index is 1.32. The Bertz CT molecular complexity index is 1880. The maximum absolute atomic E-state index is 4.76. The molecule has 3 heteroatoms. The van der Waals surface area contributed by atoms with Gasteiger partial charge in [-0.1, -0.05) is 78.9 Å². The molecule has 8 aromatic rings. The van der Waals surface area contributed by atoms with Gasteiger partial charge < -0.3 is 4.57 Å². The highest BCUT2D eigenvalue weighted by atomic mass is 15.0. The molecule has 3 heterocycles. The summed E-state index contributed by atoms with van der Waals surface area (Å²) in [7, 11) is 0. The molecule has 8 rings (SSSR count). The van der Waals surface area contributed by atoms with E-state index in [1.807, 2.05) is 12.3 Å². The van der Waals surface area contributed by atoms with Crippen LogP contribution < -0.4 is 0 Å². The number of fused-ring (bicyclic) bond motifs is 6. The van der Waals surface area contributed by atoms with Gasteiger partial charge in [0, 0.05) is 39.1 Å². The normalized spacial score (nSPS) is 11.7. The third kappa shape index (κ3) is 3.06. The monoisotopic (exact) mass is 485 g/mol. The average Bonchev–Trinajstić information content (AvgIpc) is 3.51. The molecule has 38 heavy (non-hydrogen) atoms. The van der Waals surface area contributed by atoms with E-state index >= 15 is 0 Å². The van der Waals surface area contributed by atoms with Crippen molar-refractivity contribution < 1.29 is 0 Å². The molecule has 0 aliphatic carbocycles. The van der Waals surface area contributed by atoms with Crippen LogP contribution in [0.4, 0.5) is 0 Å². The summed E-state index contributed by atoms with van der Waals surface area (Å²) in [5, 5.41) is 4.93. The minimum absolute atomic E-state index is 0.977. The fraction of sp³-hybridized carbons (Fsp3) is 0. The number of rotatable bonds is 3. The van der Waals surface area contributed by atoms with Crippen molar-refractivity contribution >= 4 is 43.7 Å². The van der Waals surface area contributed by atoms with Gasteiger partial charge in [-0.25, -0.2) is 4.98 Å². The molecule has 0 unspecified atom stereocenters. The van der Waals surface area contributed by atoms with Crippen LogP contribution in [0.25, 0.3) is 66.2 Å². The van der Waals surface area contributed by atoms with Crippen molar-refractivity contribution in [2.75, 3.05) is 0 Å². The highest BCUT2D eigenvalue weighted by molar-refractivity contribution is 6.09. The fourth-order valence-corrected chi connectivity index (χ4v) is 5.91. The van der Waals surface area contributed by atoms with Crippen molar-refractivity contribution in [2.24, 2.45) is 0 Å². The van der Waals surface area contributed by atoms with E-state index < -0.39 is 0 Å². The van der Waals surface area contributed by atoms with Gasteiger partial charge in [0.2, 0.25) is 0 Å². The Morgan fingerprint density at radius 2 is 0.868 bits per heavy atom. The zero-order valence-electron chi connectivity index (χ0n) is 20.6. The Morgan fingerprint density at radius 1 is 0.395 bits per heavy atom. The van der Waals surface area contributed by atoms with Gasteiger partial charge in [0.25, 0.3) is 0 Å². The van der Waals surface area contributed by atoms with E-state index in [1.165, 1.54) is 43.7 Å². The Morgan fingerprint density at radius 3 is 1.47 bits per heavy atom. The molecule has 3 aromatic heterocycles. The molecule has 178 valence electrons. The predicted molar refractivity (Wildman–Crippen MR) is 158 cm³/mol. The van der Waals surface area contributed by atoms with Crippen LogP contribution in [0.2, 0.25) is 0 Å². The van der Waals surface area contributed by atoms with Crippen molar-refractivity contribution in [2.45, 2.75) is 0 Å². The zero-order valence-corrected chi connectivity index (χ0v) is 20.6. The molecule has 0 fully saturated rings. The van der Waals surface area contributed by atoms with Crippen molar-refractivity contribution in [3.63, 3.8) is 0 Å². The number of pyridine rings is 1. The van der Waals surface area contributed by atoms with Gasteiger partial charge in [-0.15, -0.1) is 0 Å². The molecule has 0 aliphatic rings. The first-order valence-electron chi connectivity index (χ1n) is 12.9. The first-order chi connectivity index (χ1) is 18.9. The summed E-state index contributed by atoms with van der Waals surface area (Å²) < 4.78 is 4.64. The molecule has 0 saturated heterocycles. The highest BCUT2D eigenvalue weighted by Crippen LogP contribution is 2.35. The summed E-state index contributed by atoms with van der Waals surface area (Å²) in [5.74, 6) is 0. The number of nitrogens with zero attached hydrogens (tertiary/aromatic N) is 3. The Kier molecular flexibility index (Phi) is 4.52. The number of hydrogen-bond acceptors (Lipinski definition) is 1. The standard InChI is InChI=1S/C35H23N3/c1-4-18-32-28(14-1)29-15-2-5-19-33(29)37(32)26-12-7-10-24(22-26)25-11-8-13-27(23-25)38-34-20-6-3-16-30(34)31-17-9-21-36-35(31)38/h1-23H. The molecule has 3 nitrogen and oxygen atoms in total. The molecule has 0 saturated carbocycles. The Hall–Kier alpha value is -5.15. The molecular weight excluding hydrogens is 462 g/mol. The summed E-state index contributed by atoms with van der Waals surface area (Å²) in [6, 6.07) is 47.6. The SMILES string of the molecule is c1cc(-c2cccc(-n3c4ccccc4c4cccnc43)c2)cc(-n2c3ccccc3c3ccccc32)c1. The summed E-state index contributed by atoms with van der Waals surface area (Å²) >= 11 is 0. The van der Waals surface area contributed by atoms with Gasteiger partial charge in [-0.2, -0.15) is 0 Å². The third-order valence-electron chi connectivity index (χ3n) is 7.56. The van der Waals surface area contributed by atoms with Gasteiger partial charge in [0.1, 0.15) is 5.65 Å². The number of hydrogen-bond donors (Lipinski definition) is 0. The molecule has 0 radical (unpaired) electrons. The van der Waals surface area contributed by atoms with Crippen LogP contribution in [-0.2, 0) is 0 Å². The number of benzene rings is 5. The van der Waals surface area contributed by atoms with E-state index in [0.29, 0.717) is 0 Å². The second kappa shape index (κ2) is 8.19. The molecule has 5 aromatic carbocycles. The molecule has 0 amide bonds. The molecule has 0 N–H and O–H groups in total. The first kappa shape index (κ1) is 21.0. The quantitative estimate of drug-likeness (QED) is 0.245. The largest absolute Gasteiger partial charge is 0.309 e. The van der Waals surface area contributed by atoms with Crippen LogP contribution in [-0.4, -0.2) is 14.1 Å². The summed E-state index contributed by atoms with van der Waals surface area (Å²) in [6.07, 6.45) is 1.87. The smallest absolute Gasteiger partial charge is 0.145 e. The van der Waals surface area contributed by atoms with Crippen LogP contribution in [0, 0.1) is 0 Å². The predicted octanol–water partition coefficient (Wildman–Crippen LogP) is 8.94. The lowest BCUT2D eigenvalue weighted by Crippen LogP contribution is -1.96. The van der Waals surface area contributed by atoms with Gasteiger partial charge in [-0.05, 0) is 65.7 Å². The van der Waals surface area contributed by atoms with Gasteiger partial charge in [0.05, 0.1) is 16.6 Å². The molecule has 0 atom stereocenters. The van der Waals surface area contributed by atoms with Gasteiger partial charge >= 0.3 is 0 Å². The maximum Gasteiger partial charge on any atom is 0.145 e. The number of para-hydroxylation sites is 3. The van der Waals surface area contributed by atoms with Crippen LogP contribution in [0.5, 0.6) is 0 Å². The average molecular weight is 486 g/mol. The van der Waals surface area contributed by atoms with Crippen molar-refractivity contribution in [3.8, 4) is 22.5 Å². The lowest BCUT2D eigenvalue weighted by Gasteiger charge is -2.12. The van der Waals surface area contributed by atoms with Crippen LogP contribution in [0.3, 0.4) is 0 Å². The summed E-state index contributed by atoms with van der Waals surface area (Å²) in [6.45, 7) is 0. The molecule has 0 aliphatic heterocycles. The van der Waals surface area contributed by atoms with E-state index in [2.05, 4.69) is 137 Å². The van der Waals surface area contributed by atoms with Crippen molar-refractivity contribution in [1.82, 2.24) is 14.1 Å². The minimum atomic E-state index is 0.977. The van der Waals surface area contributed by atoms with E-state index in [4.69, 9.17) is 4.98 Å². The van der Waals surface area contributed by atoms with E-state index in [1.54, 1.807) is 0 Å². The molecular formula is C35H23N3. The lowest BCUT2D eigenvalue weighted by atomic mass is 10.0. The Labute approximate surface area is 219 Å². The first-order valence-corrected chi connectivity index (χ1v) is 12.9. The lowest BCUT2D eigenvalue weighted by molar-refractivity contribution is 1.14. The summed E-state index contributed by atoms with van der Waals surface area (Å²) in [5.41, 5.74) is 9.19. The van der Waals surface area contributed by atoms with Crippen molar-refractivity contribution in [3.05, 3.63) is 140 Å².